The number of thiophene rings is 1. The number of nitrogens with zero attached hydrogens (tertiary/aromatic N) is 8. The van der Waals surface area contributed by atoms with Crippen LogP contribution in [0.3, 0.4) is 0 Å². The van der Waals surface area contributed by atoms with Crippen LogP contribution in [-0.4, -0.2) is 118 Å². The molecule has 3 aromatic heterocycles. The van der Waals surface area contributed by atoms with E-state index in [0.29, 0.717) is 88.6 Å². The highest BCUT2D eigenvalue weighted by Crippen LogP contribution is 2.38. The van der Waals surface area contributed by atoms with Crippen LogP contribution in [0.2, 0.25) is 5.02 Å². The number of likely N-dealkylation sites (N-methyl/N-ethyl adjacent to an activating group) is 1. The fourth-order valence-corrected chi connectivity index (χ4v) is 9.13. The highest BCUT2D eigenvalue weighted by molar-refractivity contribution is 7.10. The second-order valence-corrected chi connectivity index (χ2v) is 17.3. The molecule has 6 amide bonds. The lowest BCUT2D eigenvalue weighted by Crippen LogP contribution is -2.52. The largest absolute Gasteiger partial charge is 0.495 e. The van der Waals surface area contributed by atoms with Crippen molar-refractivity contribution in [2.75, 3.05) is 60.9 Å². The minimum Gasteiger partial charge on any atom is -0.495 e. The first kappa shape index (κ1) is 46.5. The highest BCUT2D eigenvalue weighted by Gasteiger charge is 2.40. The van der Waals surface area contributed by atoms with E-state index in [1.165, 1.54) is 23.3 Å². The zero-order chi connectivity index (χ0) is 47.2. The van der Waals surface area contributed by atoms with Gasteiger partial charge in [0.2, 0.25) is 29.6 Å². The first-order valence-electron chi connectivity index (χ1n) is 21.5. The Kier molecular flexibility index (Phi) is 14.3. The van der Waals surface area contributed by atoms with Crippen LogP contribution in [0.15, 0.2) is 60.2 Å². The van der Waals surface area contributed by atoms with Gasteiger partial charge in [-0.25, -0.2) is 4.98 Å². The maximum absolute atomic E-state index is 13.3. The molecule has 1 fully saturated rings. The van der Waals surface area contributed by atoms with Gasteiger partial charge in [0.25, 0.3) is 11.8 Å². The van der Waals surface area contributed by atoms with Crippen molar-refractivity contribution in [3.8, 4) is 5.75 Å². The molecular weight excluding hydrogens is 906 g/mol. The number of carbonyl (C=O) groups is 6. The summed E-state index contributed by atoms with van der Waals surface area (Å²) in [5.74, 6) is -0.698. The summed E-state index contributed by atoms with van der Waals surface area (Å²) in [5.41, 5.74) is 3.50. The van der Waals surface area contributed by atoms with Crippen molar-refractivity contribution in [1.29, 1.82) is 0 Å². The lowest BCUT2D eigenvalue weighted by molar-refractivity contribution is -0.137. The average molecular weight is 954 g/mol. The SMILES string of the molecule is CC[C@@H]1C(=O)N(C)c2cnc(Nc3ccc(C(=O)NCc4cn(CCNCCOCC(=O)Nc5cccc6c5CN(C5CCC(=O)NC5=O)C6=O)nn4)cc3OC)nc2N1Cc1cc(Cl)cs1. The summed E-state index contributed by atoms with van der Waals surface area (Å²) in [5, 5.41) is 25.2. The van der Waals surface area contributed by atoms with Crippen molar-refractivity contribution >= 4 is 87.2 Å². The number of ether oxygens (including phenoxy) is 2. The molecule has 23 heteroatoms. The quantitative estimate of drug-likeness (QED) is 0.0589. The number of aromatic nitrogens is 5. The predicted octanol–water partition coefficient (Wildman–Crippen LogP) is 3.23. The fourth-order valence-electron chi connectivity index (χ4n) is 8.06. The van der Waals surface area contributed by atoms with Gasteiger partial charge in [-0.1, -0.05) is 29.8 Å². The number of hydrogen-bond acceptors (Lipinski definition) is 16. The van der Waals surface area contributed by atoms with E-state index in [0.717, 1.165) is 4.88 Å². The number of nitrogens with one attached hydrogen (secondary N) is 5. The van der Waals surface area contributed by atoms with Gasteiger partial charge in [0.1, 0.15) is 35.8 Å². The average Bonchev–Trinajstić information content (AvgIpc) is 4.05. The number of carbonyl (C=O) groups excluding carboxylic acids is 6. The van der Waals surface area contributed by atoms with E-state index in [4.69, 9.17) is 26.1 Å². The molecule has 21 nitrogen and oxygen atoms in total. The Labute approximate surface area is 393 Å². The molecular formula is C44H48ClN13O8S. The van der Waals surface area contributed by atoms with Gasteiger partial charge >= 0.3 is 0 Å². The Balaban J connectivity index is 0.761. The molecule has 0 spiro atoms. The fraction of sp³-hybridized carbons (Fsp3) is 0.364. The summed E-state index contributed by atoms with van der Waals surface area (Å²) in [6.45, 7) is 4.23. The van der Waals surface area contributed by atoms with E-state index < -0.39 is 23.9 Å². The topological polar surface area (TPSA) is 247 Å². The number of halogens is 1. The van der Waals surface area contributed by atoms with Crippen molar-refractivity contribution in [3.05, 3.63) is 92.5 Å². The van der Waals surface area contributed by atoms with E-state index in [2.05, 4.69) is 41.9 Å². The second-order valence-electron chi connectivity index (χ2n) is 15.9. The van der Waals surface area contributed by atoms with E-state index in [1.807, 2.05) is 23.3 Å². The predicted molar refractivity (Wildman–Crippen MR) is 247 cm³/mol. The number of rotatable bonds is 19. The van der Waals surface area contributed by atoms with Crippen molar-refractivity contribution in [1.82, 2.24) is 45.8 Å². The molecule has 0 radical (unpaired) electrons. The van der Waals surface area contributed by atoms with Crippen molar-refractivity contribution in [2.24, 2.45) is 0 Å². The molecule has 0 aliphatic carbocycles. The van der Waals surface area contributed by atoms with Gasteiger partial charge in [-0.2, -0.15) is 4.98 Å². The smallest absolute Gasteiger partial charge is 0.255 e. The summed E-state index contributed by atoms with van der Waals surface area (Å²) in [6.07, 6.45) is 4.32. The molecule has 0 bridgehead atoms. The number of imide groups is 1. The third kappa shape index (κ3) is 10.5. The molecule has 67 heavy (non-hydrogen) atoms. The minimum atomic E-state index is -0.752. The van der Waals surface area contributed by atoms with E-state index in [9.17, 15) is 28.8 Å². The van der Waals surface area contributed by atoms with Crippen LogP contribution in [0, 0.1) is 0 Å². The van der Waals surface area contributed by atoms with Gasteiger partial charge in [0, 0.05) is 65.7 Å². The maximum atomic E-state index is 13.3. The number of hydrogen-bond donors (Lipinski definition) is 5. The Bertz CT molecular complexity index is 2710. The van der Waals surface area contributed by atoms with Crippen LogP contribution in [-0.2, 0) is 50.1 Å². The van der Waals surface area contributed by atoms with Gasteiger partial charge < -0.3 is 45.4 Å². The van der Waals surface area contributed by atoms with Gasteiger partial charge in [-0.15, -0.1) is 16.4 Å². The molecule has 5 N–H and O–H groups in total. The molecule has 5 aromatic rings. The second kappa shape index (κ2) is 20.7. The third-order valence-electron chi connectivity index (χ3n) is 11.5. The van der Waals surface area contributed by atoms with Crippen LogP contribution in [0.1, 0.15) is 63.0 Å². The molecule has 350 valence electrons. The van der Waals surface area contributed by atoms with Crippen molar-refractivity contribution < 1.29 is 38.2 Å². The number of benzene rings is 2. The van der Waals surface area contributed by atoms with Crippen LogP contribution >= 0.6 is 22.9 Å². The van der Waals surface area contributed by atoms with E-state index >= 15 is 0 Å². The first-order chi connectivity index (χ1) is 32.4. The number of piperidine rings is 1. The number of anilines is 5. The third-order valence-corrected chi connectivity index (χ3v) is 12.7. The summed E-state index contributed by atoms with van der Waals surface area (Å²) < 4.78 is 12.8. The standard InChI is InChI=1S/C44H48ClN13O8S/c1-4-33-43(64)55(2)35-19-48-44(52-39(35)57(33)21-28-17-26(45)24-67-28)50-32-9-8-25(16-36(32)65-3)40(61)47-18-27-20-56(54-53-27)14-12-46-13-15-66-23-38(60)49-31-7-5-6-29-30(31)22-58(42(29)63)34-10-11-37(59)51-41(34)62/h5-9,16-17,19-20,24,33-34,46H,4,10-15,18,21-23H2,1-3H3,(H,47,61)(H,49,60)(H,48,50,52)(H,51,59,62)/t33-,34?/m1/s1. The monoisotopic (exact) mass is 953 g/mol. The molecule has 8 rings (SSSR count). The van der Waals surface area contributed by atoms with Gasteiger partial charge in [-0.05, 0) is 49.2 Å². The first-order valence-corrected chi connectivity index (χ1v) is 22.8. The zero-order valence-corrected chi connectivity index (χ0v) is 38.4. The Hall–Kier alpha value is -7.01. The summed E-state index contributed by atoms with van der Waals surface area (Å²) in [6, 6.07) is 10.7. The van der Waals surface area contributed by atoms with Gasteiger partial charge in [0.05, 0.1) is 56.5 Å². The molecule has 2 atom stereocenters. The molecule has 3 aliphatic heterocycles. The van der Waals surface area contributed by atoms with Gasteiger partial charge in [0.15, 0.2) is 5.82 Å². The lowest BCUT2D eigenvalue weighted by Gasteiger charge is -2.40. The maximum Gasteiger partial charge on any atom is 0.255 e. The Morgan fingerprint density at radius 2 is 1.93 bits per heavy atom. The minimum absolute atomic E-state index is 0.0448. The normalized spacial score (nSPS) is 16.7. The molecule has 3 aliphatic rings. The molecule has 1 saturated heterocycles. The van der Waals surface area contributed by atoms with Crippen LogP contribution in [0.4, 0.5) is 28.8 Å². The number of fused-ring (bicyclic) bond motifs is 2. The van der Waals surface area contributed by atoms with Gasteiger partial charge in [-0.3, -0.25) is 38.8 Å². The van der Waals surface area contributed by atoms with Crippen LogP contribution in [0.25, 0.3) is 0 Å². The summed E-state index contributed by atoms with van der Waals surface area (Å²) in [7, 11) is 3.22. The Morgan fingerprint density at radius 3 is 2.70 bits per heavy atom. The molecule has 6 heterocycles. The zero-order valence-electron chi connectivity index (χ0n) is 36.8. The van der Waals surface area contributed by atoms with Crippen molar-refractivity contribution in [2.45, 2.75) is 64.4 Å². The number of methoxy groups -OCH3 is 1. The van der Waals surface area contributed by atoms with Crippen LogP contribution < -0.4 is 41.1 Å². The highest BCUT2D eigenvalue weighted by atomic mass is 35.5. The summed E-state index contributed by atoms with van der Waals surface area (Å²) in [4.78, 5) is 91.6. The number of amides is 6. The summed E-state index contributed by atoms with van der Waals surface area (Å²) >= 11 is 7.73. The molecule has 1 unspecified atom stereocenters. The Morgan fingerprint density at radius 1 is 1.07 bits per heavy atom. The van der Waals surface area contributed by atoms with Crippen LogP contribution in [0.5, 0.6) is 5.75 Å². The lowest BCUT2D eigenvalue weighted by atomic mass is 10.0. The molecule has 2 aromatic carbocycles. The van der Waals surface area contributed by atoms with E-state index in [-0.39, 0.29) is 68.7 Å². The van der Waals surface area contributed by atoms with Crippen molar-refractivity contribution in [3.63, 3.8) is 0 Å². The van der Waals surface area contributed by atoms with E-state index in [1.54, 1.807) is 65.4 Å². The molecule has 0 saturated carbocycles.